The van der Waals surface area contributed by atoms with E-state index in [2.05, 4.69) is 15.6 Å². The molecule has 8 heteroatoms. The maximum Gasteiger partial charge on any atom is 0.213 e. The molecule has 7 nitrogen and oxygen atoms in total. The van der Waals surface area contributed by atoms with E-state index in [1.807, 2.05) is 6.92 Å². The fraction of sp³-hybridized carbons (Fsp3) is 0.933. The Bertz CT molecular complexity index is 459. The van der Waals surface area contributed by atoms with E-state index in [4.69, 9.17) is 0 Å². The molecule has 136 valence electrons. The minimum Gasteiger partial charge on any atom is -0.393 e. The van der Waals surface area contributed by atoms with Crippen molar-refractivity contribution in [3.05, 3.63) is 0 Å². The number of hydrogen-bond donors (Lipinski definition) is 3. The van der Waals surface area contributed by atoms with Crippen molar-refractivity contribution in [2.24, 2.45) is 4.99 Å². The molecule has 1 rings (SSSR count). The molecule has 0 aromatic carbocycles. The van der Waals surface area contributed by atoms with Crippen LogP contribution in [0.25, 0.3) is 0 Å². The minimum atomic E-state index is -3.11. The van der Waals surface area contributed by atoms with Gasteiger partial charge in [-0.25, -0.2) is 12.7 Å². The summed E-state index contributed by atoms with van der Waals surface area (Å²) in [5.41, 5.74) is 0. The molecule has 1 saturated carbocycles. The Kier molecular flexibility index (Phi) is 8.86. The standard InChI is InChI=1S/C15H32N4O3S/c1-4-16-15(18-13-7-9-14(20)10-8-13)17-11-6-12-19(3)23(21,22)5-2/h13-14,20H,4-12H2,1-3H3,(H2,16,17,18). The molecule has 0 spiro atoms. The molecular formula is C15H32N4O3S. The molecule has 0 saturated heterocycles. The first-order valence-electron chi connectivity index (χ1n) is 8.56. The van der Waals surface area contributed by atoms with Crippen molar-refractivity contribution in [2.75, 3.05) is 32.4 Å². The third kappa shape index (κ3) is 7.50. The molecule has 3 N–H and O–H groups in total. The van der Waals surface area contributed by atoms with Crippen LogP contribution in [0.15, 0.2) is 4.99 Å². The van der Waals surface area contributed by atoms with Crippen LogP contribution in [0.1, 0.15) is 46.0 Å². The molecule has 0 aromatic heterocycles. The van der Waals surface area contributed by atoms with Crippen LogP contribution in [0.2, 0.25) is 0 Å². The van der Waals surface area contributed by atoms with Gasteiger partial charge < -0.3 is 15.7 Å². The van der Waals surface area contributed by atoms with Gasteiger partial charge in [-0.15, -0.1) is 0 Å². The second-order valence-electron chi connectivity index (χ2n) is 5.99. The number of aliphatic hydroxyl groups excluding tert-OH is 1. The summed E-state index contributed by atoms with van der Waals surface area (Å²) in [4.78, 5) is 4.52. The summed E-state index contributed by atoms with van der Waals surface area (Å²) in [6, 6.07) is 0.347. The Labute approximate surface area is 140 Å². The third-order valence-corrected chi connectivity index (χ3v) is 5.98. The minimum absolute atomic E-state index is 0.129. The molecular weight excluding hydrogens is 316 g/mol. The lowest BCUT2D eigenvalue weighted by Crippen LogP contribution is -2.45. The lowest BCUT2D eigenvalue weighted by atomic mass is 9.93. The zero-order valence-corrected chi connectivity index (χ0v) is 15.4. The zero-order valence-electron chi connectivity index (χ0n) is 14.6. The van der Waals surface area contributed by atoms with Crippen LogP contribution in [-0.2, 0) is 10.0 Å². The van der Waals surface area contributed by atoms with Crippen LogP contribution in [0.5, 0.6) is 0 Å². The second-order valence-corrected chi connectivity index (χ2v) is 8.35. The number of sulfonamides is 1. The van der Waals surface area contributed by atoms with Gasteiger partial charge in [0.25, 0.3) is 0 Å². The van der Waals surface area contributed by atoms with Crippen LogP contribution in [-0.4, -0.2) is 68.4 Å². The molecule has 0 heterocycles. The maximum absolute atomic E-state index is 11.7. The summed E-state index contributed by atoms with van der Waals surface area (Å²) in [5.74, 6) is 0.903. The van der Waals surface area contributed by atoms with Crippen molar-refractivity contribution in [1.29, 1.82) is 0 Å². The number of hydrogen-bond acceptors (Lipinski definition) is 4. The summed E-state index contributed by atoms with van der Waals surface area (Å²) < 4.78 is 24.7. The summed E-state index contributed by atoms with van der Waals surface area (Å²) in [6.45, 7) is 5.51. The van der Waals surface area contributed by atoms with Gasteiger partial charge >= 0.3 is 0 Å². The molecule has 0 bridgehead atoms. The van der Waals surface area contributed by atoms with Gasteiger partial charge in [0.15, 0.2) is 5.96 Å². The second kappa shape index (κ2) is 10.1. The first kappa shape index (κ1) is 20.2. The van der Waals surface area contributed by atoms with E-state index in [-0.39, 0.29) is 11.9 Å². The van der Waals surface area contributed by atoms with Crippen molar-refractivity contribution in [3.63, 3.8) is 0 Å². The van der Waals surface area contributed by atoms with Crippen LogP contribution in [0.4, 0.5) is 0 Å². The fourth-order valence-corrected chi connectivity index (χ4v) is 3.43. The molecule has 1 fully saturated rings. The smallest absolute Gasteiger partial charge is 0.213 e. The normalized spacial score (nSPS) is 23.1. The molecule has 1 aliphatic rings. The Balaban J connectivity index is 2.40. The van der Waals surface area contributed by atoms with Crippen molar-refractivity contribution < 1.29 is 13.5 Å². The number of nitrogens with one attached hydrogen (secondary N) is 2. The van der Waals surface area contributed by atoms with Gasteiger partial charge in [-0.2, -0.15) is 0 Å². The predicted octanol–water partition coefficient (Wildman–Crippen LogP) is 0.517. The van der Waals surface area contributed by atoms with Crippen molar-refractivity contribution in [2.45, 2.75) is 58.1 Å². The molecule has 1 aliphatic carbocycles. The van der Waals surface area contributed by atoms with Crippen molar-refractivity contribution in [1.82, 2.24) is 14.9 Å². The van der Waals surface area contributed by atoms with Gasteiger partial charge in [0.1, 0.15) is 0 Å². The summed E-state index contributed by atoms with van der Waals surface area (Å²) in [5, 5.41) is 16.2. The van der Waals surface area contributed by atoms with Gasteiger partial charge in [0.2, 0.25) is 10.0 Å². The van der Waals surface area contributed by atoms with Crippen molar-refractivity contribution in [3.8, 4) is 0 Å². The Morgan fingerprint density at radius 2 is 1.91 bits per heavy atom. The molecule has 0 atom stereocenters. The average Bonchev–Trinajstić information content (AvgIpc) is 2.53. The zero-order chi connectivity index (χ0) is 17.3. The molecule has 23 heavy (non-hydrogen) atoms. The SMILES string of the molecule is CCNC(=NCCCN(C)S(=O)(=O)CC)NC1CCC(O)CC1. The van der Waals surface area contributed by atoms with E-state index in [1.54, 1.807) is 14.0 Å². The van der Waals surface area contributed by atoms with Crippen LogP contribution in [0.3, 0.4) is 0 Å². The lowest BCUT2D eigenvalue weighted by molar-refractivity contribution is 0.120. The highest BCUT2D eigenvalue weighted by molar-refractivity contribution is 7.89. The highest BCUT2D eigenvalue weighted by Crippen LogP contribution is 2.18. The number of aliphatic hydroxyl groups is 1. The summed E-state index contributed by atoms with van der Waals surface area (Å²) in [6.07, 6.45) is 4.08. The van der Waals surface area contributed by atoms with Gasteiger partial charge in [0.05, 0.1) is 11.9 Å². The highest BCUT2D eigenvalue weighted by atomic mass is 32.2. The van der Waals surface area contributed by atoms with E-state index < -0.39 is 10.0 Å². The predicted molar refractivity (Wildman–Crippen MR) is 94.1 cm³/mol. The van der Waals surface area contributed by atoms with Crippen LogP contribution in [0, 0.1) is 0 Å². The fourth-order valence-electron chi connectivity index (χ4n) is 2.58. The molecule has 0 unspecified atom stereocenters. The largest absolute Gasteiger partial charge is 0.393 e. The van der Waals surface area contributed by atoms with Crippen LogP contribution >= 0.6 is 0 Å². The van der Waals surface area contributed by atoms with Gasteiger partial charge in [-0.05, 0) is 46.0 Å². The lowest BCUT2D eigenvalue weighted by Gasteiger charge is -2.27. The van der Waals surface area contributed by atoms with Gasteiger partial charge in [-0.3, -0.25) is 4.99 Å². The molecule has 0 radical (unpaired) electrons. The van der Waals surface area contributed by atoms with E-state index in [1.165, 1.54) is 4.31 Å². The van der Waals surface area contributed by atoms with Gasteiger partial charge in [0, 0.05) is 32.7 Å². The van der Waals surface area contributed by atoms with Crippen molar-refractivity contribution >= 4 is 16.0 Å². The van der Waals surface area contributed by atoms with Gasteiger partial charge in [-0.1, -0.05) is 0 Å². The first-order valence-corrected chi connectivity index (χ1v) is 10.2. The number of nitrogens with zero attached hydrogens (tertiary/aromatic N) is 2. The van der Waals surface area contributed by atoms with E-state index in [9.17, 15) is 13.5 Å². The first-order chi connectivity index (χ1) is 10.9. The molecule has 0 aromatic rings. The molecule has 0 amide bonds. The maximum atomic E-state index is 11.7. The number of rotatable bonds is 8. The Morgan fingerprint density at radius 3 is 2.48 bits per heavy atom. The number of guanidine groups is 1. The quantitative estimate of drug-likeness (QED) is 0.338. The third-order valence-electron chi connectivity index (χ3n) is 4.12. The Hall–Kier alpha value is -0.860. The summed E-state index contributed by atoms with van der Waals surface area (Å²) in [7, 11) is -1.50. The number of aliphatic imine (C=N–C) groups is 1. The monoisotopic (exact) mass is 348 g/mol. The van der Waals surface area contributed by atoms with Crippen LogP contribution < -0.4 is 10.6 Å². The van der Waals surface area contributed by atoms with E-state index in [0.29, 0.717) is 25.6 Å². The summed E-state index contributed by atoms with van der Waals surface area (Å²) >= 11 is 0. The highest BCUT2D eigenvalue weighted by Gasteiger charge is 2.20. The Morgan fingerprint density at radius 1 is 1.26 bits per heavy atom. The average molecular weight is 349 g/mol. The van der Waals surface area contributed by atoms with E-state index in [0.717, 1.165) is 38.2 Å². The topological polar surface area (TPSA) is 94.0 Å². The van der Waals surface area contributed by atoms with E-state index >= 15 is 0 Å². The molecule has 0 aliphatic heterocycles.